The fourth-order valence-electron chi connectivity index (χ4n) is 1.00. The predicted octanol–water partition coefficient (Wildman–Crippen LogP) is 1.83. The molecule has 0 nitrogen and oxygen atoms in total. The van der Waals surface area contributed by atoms with Crippen LogP contribution in [0.4, 0.5) is 4.39 Å². The SMILES string of the molecule is [B]c1cc2ccsc2cc1F. The van der Waals surface area contributed by atoms with Crippen molar-refractivity contribution < 1.29 is 4.39 Å². The summed E-state index contributed by atoms with van der Waals surface area (Å²) in [5.41, 5.74) is 0.218. The topological polar surface area (TPSA) is 0 Å². The fourth-order valence-corrected chi connectivity index (χ4v) is 1.80. The second-order valence-electron chi connectivity index (χ2n) is 2.33. The molecule has 0 aliphatic carbocycles. The Morgan fingerprint density at radius 2 is 2.18 bits per heavy atom. The van der Waals surface area contributed by atoms with Crippen LogP contribution in [0.25, 0.3) is 10.1 Å². The van der Waals surface area contributed by atoms with Gasteiger partial charge in [0.15, 0.2) is 0 Å². The first-order chi connectivity index (χ1) is 5.27. The van der Waals surface area contributed by atoms with Crippen LogP contribution < -0.4 is 5.46 Å². The number of halogens is 1. The van der Waals surface area contributed by atoms with Crippen molar-refractivity contribution in [1.29, 1.82) is 0 Å². The fraction of sp³-hybridized carbons (Fsp3) is 0. The van der Waals surface area contributed by atoms with Crippen LogP contribution in [-0.4, -0.2) is 7.85 Å². The molecule has 0 aliphatic rings. The van der Waals surface area contributed by atoms with Crippen LogP contribution in [0.3, 0.4) is 0 Å². The van der Waals surface area contributed by atoms with Gasteiger partial charge in [-0.25, -0.2) is 4.39 Å². The zero-order valence-electron chi connectivity index (χ0n) is 5.67. The third-order valence-electron chi connectivity index (χ3n) is 1.57. The van der Waals surface area contributed by atoms with Crippen molar-refractivity contribution in [2.24, 2.45) is 0 Å². The van der Waals surface area contributed by atoms with E-state index in [0.29, 0.717) is 0 Å². The maximum Gasteiger partial charge on any atom is 0.117 e. The highest BCUT2D eigenvalue weighted by Crippen LogP contribution is 2.19. The summed E-state index contributed by atoms with van der Waals surface area (Å²) in [6, 6.07) is 5.05. The minimum atomic E-state index is -0.333. The summed E-state index contributed by atoms with van der Waals surface area (Å²) in [7, 11) is 5.37. The van der Waals surface area contributed by atoms with E-state index in [1.165, 1.54) is 17.4 Å². The van der Waals surface area contributed by atoms with E-state index in [0.717, 1.165) is 10.1 Å². The van der Waals surface area contributed by atoms with Crippen LogP contribution in [0.1, 0.15) is 0 Å². The van der Waals surface area contributed by atoms with Crippen molar-refractivity contribution >= 4 is 34.7 Å². The molecule has 0 aliphatic heterocycles. The van der Waals surface area contributed by atoms with Gasteiger partial charge >= 0.3 is 0 Å². The molecule has 52 valence electrons. The van der Waals surface area contributed by atoms with Gasteiger partial charge in [-0.15, -0.1) is 11.3 Å². The maximum absolute atomic E-state index is 12.8. The van der Waals surface area contributed by atoms with Crippen LogP contribution in [0.5, 0.6) is 0 Å². The van der Waals surface area contributed by atoms with Gasteiger partial charge in [0.05, 0.1) is 0 Å². The highest BCUT2D eigenvalue weighted by molar-refractivity contribution is 7.17. The third kappa shape index (κ3) is 1.05. The number of fused-ring (bicyclic) bond motifs is 1. The second kappa shape index (κ2) is 2.34. The summed E-state index contributed by atoms with van der Waals surface area (Å²) in [5, 5.41) is 2.93. The molecule has 0 fully saturated rings. The minimum Gasteiger partial charge on any atom is -0.208 e. The first-order valence-corrected chi connectivity index (χ1v) is 4.07. The lowest BCUT2D eigenvalue weighted by Crippen LogP contribution is -2.06. The molecule has 0 amide bonds. The monoisotopic (exact) mass is 162 g/mol. The van der Waals surface area contributed by atoms with Crippen molar-refractivity contribution in [2.45, 2.75) is 0 Å². The predicted molar refractivity (Wildman–Crippen MR) is 47.2 cm³/mol. The van der Waals surface area contributed by atoms with Crippen LogP contribution in [0.2, 0.25) is 0 Å². The standard InChI is InChI=1S/C8H4BFS/c9-6-3-5-1-2-11-8(5)4-7(6)10/h1-4H. The Bertz CT molecular complexity index is 358. The number of rotatable bonds is 0. The largest absolute Gasteiger partial charge is 0.208 e. The molecular formula is C8H4BFS. The van der Waals surface area contributed by atoms with Gasteiger partial charge in [0.25, 0.3) is 0 Å². The molecule has 2 radical (unpaired) electrons. The van der Waals surface area contributed by atoms with E-state index >= 15 is 0 Å². The average Bonchev–Trinajstić information content (AvgIpc) is 2.36. The summed E-state index contributed by atoms with van der Waals surface area (Å²) >= 11 is 1.51. The summed E-state index contributed by atoms with van der Waals surface area (Å²) < 4.78 is 13.7. The molecule has 0 N–H and O–H groups in total. The maximum atomic E-state index is 12.8. The van der Waals surface area contributed by atoms with Crippen LogP contribution in [0.15, 0.2) is 23.6 Å². The van der Waals surface area contributed by atoms with Crippen molar-refractivity contribution in [3.63, 3.8) is 0 Å². The zero-order chi connectivity index (χ0) is 7.84. The van der Waals surface area contributed by atoms with E-state index in [4.69, 9.17) is 7.85 Å². The van der Waals surface area contributed by atoms with Crippen molar-refractivity contribution in [1.82, 2.24) is 0 Å². The molecule has 0 saturated carbocycles. The van der Waals surface area contributed by atoms with Crippen molar-refractivity contribution in [2.75, 3.05) is 0 Å². The smallest absolute Gasteiger partial charge is 0.117 e. The summed E-state index contributed by atoms with van der Waals surface area (Å²) in [6.45, 7) is 0. The van der Waals surface area contributed by atoms with E-state index in [2.05, 4.69) is 0 Å². The molecule has 0 atom stereocenters. The highest BCUT2D eigenvalue weighted by atomic mass is 32.1. The zero-order valence-corrected chi connectivity index (χ0v) is 6.49. The van der Waals surface area contributed by atoms with Crippen molar-refractivity contribution in [3.05, 3.63) is 29.4 Å². The Morgan fingerprint density at radius 1 is 1.36 bits per heavy atom. The summed E-state index contributed by atoms with van der Waals surface area (Å²) in [4.78, 5) is 0. The Balaban J connectivity index is 2.86. The lowest BCUT2D eigenvalue weighted by atomic mass is 9.95. The van der Waals surface area contributed by atoms with Gasteiger partial charge in [-0.05, 0) is 22.9 Å². The third-order valence-corrected chi connectivity index (χ3v) is 2.45. The molecule has 0 saturated heterocycles. The molecule has 1 aromatic carbocycles. The van der Waals surface area contributed by atoms with E-state index in [9.17, 15) is 4.39 Å². The molecule has 11 heavy (non-hydrogen) atoms. The van der Waals surface area contributed by atoms with E-state index < -0.39 is 0 Å². The number of hydrogen-bond acceptors (Lipinski definition) is 1. The Kier molecular flexibility index (Phi) is 1.46. The lowest BCUT2D eigenvalue weighted by molar-refractivity contribution is 0.638. The van der Waals surface area contributed by atoms with Gasteiger partial charge in [0.1, 0.15) is 13.7 Å². The van der Waals surface area contributed by atoms with Crippen LogP contribution >= 0.6 is 11.3 Å². The van der Waals surface area contributed by atoms with Gasteiger partial charge in [0, 0.05) is 4.70 Å². The minimum absolute atomic E-state index is 0.218. The highest BCUT2D eigenvalue weighted by Gasteiger charge is 1.99. The molecule has 1 aromatic heterocycles. The van der Waals surface area contributed by atoms with E-state index in [1.54, 1.807) is 6.07 Å². The molecule has 0 spiro atoms. The number of hydrogen-bond donors (Lipinski definition) is 0. The molecule has 2 aromatic rings. The van der Waals surface area contributed by atoms with E-state index in [1.807, 2.05) is 11.4 Å². The number of benzene rings is 1. The molecule has 0 bridgehead atoms. The molecule has 2 rings (SSSR count). The summed E-state index contributed by atoms with van der Waals surface area (Å²) in [5.74, 6) is -0.333. The summed E-state index contributed by atoms with van der Waals surface area (Å²) in [6.07, 6.45) is 0. The first kappa shape index (κ1) is 6.86. The van der Waals surface area contributed by atoms with Gasteiger partial charge < -0.3 is 0 Å². The van der Waals surface area contributed by atoms with Gasteiger partial charge in [0.2, 0.25) is 0 Å². The molecule has 0 unspecified atom stereocenters. The Hall–Kier alpha value is -0.825. The molecule has 1 heterocycles. The average molecular weight is 162 g/mol. The Morgan fingerprint density at radius 3 is 3.00 bits per heavy atom. The van der Waals surface area contributed by atoms with Crippen molar-refractivity contribution in [3.8, 4) is 0 Å². The lowest BCUT2D eigenvalue weighted by Gasteiger charge is -1.95. The molecule has 3 heteroatoms. The normalized spacial score (nSPS) is 10.6. The number of thiophene rings is 1. The molecular weight excluding hydrogens is 158 g/mol. The second-order valence-corrected chi connectivity index (χ2v) is 3.28. The van der Waals surface area contributed by atoms with Gasteiger partial charge in [-0.1, -0.05) is 11.5 Å². The van der Waals surface area contributed by atoms with Gasteiger partial charge in [-0.2, -0.15) is 0 Å². The quantitative estimate of drug-likeness (QED) is 0.518. The van der Waals surface area contributed by atoms with E-state index in [-0.39, 0.29) is 11.3 Å². The Labute approximate surface area is 69.1 Å². The van der Waals surface area contributed by atoms with Gasteiger partial charge in [-0.3, -0.25) is 0 Å². The van der Waals surface area contributed by atoms with Crippen LogP contribution in [-0.2, 0) is 0 Å². The van der Waals surface area contributed by atoms with Crippen LogP contribution in [0, 0.1) is 5.82 Å². The first-order valence-electron chi connectivity index (χ1n) is 3.19.